The number of carbonyl (C=O) groups is 2. The van der Waals surface area contributed by atoms with Crippen molar-refractivity contribution >= 4 is 12.3 Å². The summed E-state index contributed by atoms with van der Waals surface area (Å²) < 4.78 is 16.8. The van der Waals surface area contributed by atoms with Crippen LogP contribution in [0.5, 0.6) is 0 Å². The molecule has 5 fully saturated rings. The van der Waals surface area contributed by atoms with Gasteiger partial charge in [0.25, 0.3) is 0 Å². The Hall–Kier alpha value is -1.44. The number of aliphatic hydroxyl groups is 6. The zero-order chi connectivity index (χ0) is 28.8. The van der Waals surface area contributed by atoms with Crippen LogP contribution < -0.4 is 0 Å². The lowest BCUT2D eigenvalue weighted by atomic mass is 9.41. The Kier molecular flexibility index (Phi) is 6.83. The first-order valence-electron chi connectivity index (χ1n) is 14.6. The molecule has 6 rings (SSSR count). The molecule has 0 bridgehead atoms. The van der Waals surface area contributed by atoms with Gasteiger partial charge in [-0.25, -0.2) is 4.79 Å². The van der Waals surface area contributed by atoms with Crippen LogP contribution in [-0.2, 0) is 23.8 Å². The van der Waals surface area contributed by atoms with Crippen LogP contribution >= 0.6 is 0 Å². The predicted octanol–water partition coefficient (Wildman–Crippen LogP) is -0.279. The normalized spacial score (nSPS) is 56.0. The quantitative estimate of drug-likeness (QED) is 0.149. The molecule has 6 N–H and O–H groups in total. The van der Waals surface area contributed by atoms with Gasteiger partial charge in [0.1, 0.15) is 31.2 Å². The maximum absolute atomic E-state index is 13.0. The summed E-state index contributed by atoms with van der Waals surface area (Å²) in [5, 5.41) is 66.7. The highest BCUT2D eigenvalue weighted by molar-refractivity contribution is 5.85. The molecule has 40 heavy (non-hydrogen) atoms. The third kappa shape index (κ3) is 3.78. The second-order valence-corrected chi connectivity index (χ2v) is 13.6. The molecule has 0 unspecified atom stereocenters. The van der Waals surface area contributed by atoms with Crippen LogP contribution in [0.2, 0.25) is 0 Å². The van der Waals surface area contributed by atoms with Crippen LogP contribution in [0, 0.1) is 28.6 Å². The van der Waals surface area contributed by atoms with E-state index in [1.807, 2.05) is 6.92 Å². The van der Waals surface area contributed by atoms with E-state index in [2.05, 4.69) is 0 Å². The van der Waals surface area contributed by atoms with Gasteiger partial charge in [-0.3, -0.25) is 0 Å². The van der Waals surface area contributed by atoms with Crippen molar-refractivity contribution in [3.63, 3.8) is 0 Å². The number of aldehydes is 1. The Morgan fingerprint density at radius 1 is 1.00 bits per heavy atom. The number of hydrogen-bond donors (Lipinski definition) is 6. The lowest BCUT2D eigenvalue weighted by Gasteiger charge is -2.66. The molecule has 6 aliphatic rings. The van der Waals surface area contributed by atoms with Crippen molar-refractivity contribution in [2.24, 2.45) is 28.6 Å². The summed E-state index contributed by atoms with van der Waals surface area (Å²) in [7, 11) is 0. The Labute approximate surface area is 233 Å². The van der Waals surface area contributed by atoms with Gasteiger partial charge < -0.3 is 49.6 Å². The largest absolute Gasteiger partial charge is 0.458 e. The van der Waals surface area contributed by atoms with Crippen molar-refractivity contribution in [2.75, 3.05) is 6.61 Å². The van der Waals surface area contributed by atoms with E-state index in [0.717, 1.165) is 11.9 Å². The molecule has 11 nitrogen and oxygen atoms in total. The first kappa shape index (κ1) is 28.7. The van der Waals surface area contributed by atoms with Crippen LogP contribution in [-0.4, -0.2) is 104 Å². The molecule has 2 aliphatic heterocycles. The van der Waals surface area contributed by atoms with E-state index >= 15 is 0 Å². The summed E-state index contributed by atoms with van der Waals surface area (Å²) in [4.78, 5) is 24.8. The average molecular weight is 567 g/mol. The molecule has 224 valence electrons. The molecular formula is C29H42O11. The molecular weight excluding hydrogens is 524 g/mol. The number of esters is 1. The Morgan fingerprint density at radius 2 is 1.75 bits per heavy atom. The fraction of sp³-hybridized carbons (Fsp3) is 0.862. The van der Waals surface area contributed by atoms with Gasteiger partial charge in [0.2, 0.25) is 0 Å². The van der Waals surface area contributed by atoms with Gasteiger partial charge >= 0.3 is 5.97 Å². The number of hydrogen-bond acceptors (Lipinski definition) is 11. The average Bonchev–Trinajstić information content (AvgIpc) is 3.45. The van der Waals surface area contributed by atoms with E-state index in [1.165, 1.54) is 6.08 Å². The fourth-order valence-corrected chi connectivity index (χ4v) is 9.82. The minimum atomic E-state index is -1.51. The standard InChI is InChI=1S/C29H42O11/c1-14-22(33)23(34)24(35)25(39-14)40-16-3-6-27(13-30)21-18(4-7-28(27,36)10-16)29(37)8-5-17(15-9-20(32)38-12-15)26(29,2)11-19(21)31/h9,13-14,16-19,21-25,31,33-37H,3-8,10-12H2,1-2H3/t14-,16-,17+,18+,19+,21+,22-,23+,24+,25-,26+,27-,28-,29-/m0/s1. The topological polar surface area (TPSA) is 183 Å². The van der Waals surface area contributed by atoms with Gasteiger partial charge in [0.15, 0.2) is 6.29 Å². The molecule has 1 saturated heterocycles. The first-order valence-corrected chi connectivity index (χ1v) is 14.6. The first-order chi connectivity index (χ1) is 18.8. The molecule has 0 aromatic rings. The highest BCUT2D eigenvalue weighted by Crippen LogP contribution is 2.70. The highest BCUT2D eigenvalue weighted by atomic mass is 16.7. The Morgan fingerprint density at radius 3 is 2.42 bits per heavy atom. The minimum Gasteiger partial charge on any atom is -0.458 e. The third-order valence-electron chi connectivity index (χ3n) is 11.9. The number of cyclic esters (lactones) is 1. The van der Waals surface area contributed by atoms with Crippen molar-refractivity contribution in [1.29, 1.82) is 0 Å². The van der Waals surface area contributed by atoms with Crippen molar-refractivity contribution in [2.45, 2.75) is 119 Å². The number of fused-ring (bicyclic) bond motifs is 5. The Balaban J connectivity index is 1.25. The lowest BCUT2D eigenvalue weighted by molar-refractivity contribution is -0.320. The van der Waals surface area contributed by atoms with Gasteiger partial charge in [-0.05, 0) is 69.3 Å². The van der Waals surface area contributed by atoms with E-state index in [0.29, 0.717) is 25.7 Å². The van der Waals surface area contributed by atoms with Gasteiger partial charge in [-0.1, -0.05) is 6.92 Å². The number of carbonyl (C=O) groups excluding carboxylic acids is 2. The van der Waals surface area contributed by atoms with Gasteiger partial charge in [-0.15, -0.1) is 0 Å². The summed E-state index contributed by atoms with van der Waals surface area (Å²) >= 11 is 0. The third-order valence-corrected chi connectivity index (χ3v) is 11.9. The van der Waals surface area contributed by atoms with Crippen LogP contribution in [0.25, 0.3) is 0 Å². The van der Waals surface area contributed by atoms with E-state index in [9.17, 15) is 40.2 Å². The molecule has 14 atom stereocenters. The zero-order valence-corrected chi connectivity index (χ0v) is 23.0. The summed E-state index contributed by atoms with van der Waals surface area (Å²) in [6.45, 7) is 3.72. The van der Waals surface area contributed by atoms with Crippen LogP contribution in [0.3, 0.4) is 0 Å². The smallest absolute Gasteiger partial charge is 0.331 e. The monoisotopic (exact) mass is 566 g/mol. The summed E-state index contributed by atoms with van der Waals surface area (Å²) in [6.07, 6.45) is -2.87. The fourth-order valence-electron chi connectivity index (χ4n) is 9.82. The molecule has 0 amide bonds. The van der Waals surface area contributed by atoms with Gasteiger partial charge in [0.05, 0.1) is 34.9 Å². The van der Waals surface area contributed by atoms with Crippen LogP contribution in [0.1, 0.15) is 65.2 Å². The van der Waals surface area contributed by atoms with Gasteiger partial charge in [0, 0.05) is 23.8 Å². The van der Waals surface area contributed by atoms with Crippen molar-refractivity contribution < 1.29 is 54.4 Å². The number of aliphatic hydroxyl groups excluding tert-OH is 4. The molecule has 4 aliphatic carbocycles. The summed E-state index contributed by atoms with van der Waals surface area (Å²) in [6, 6.07) is 0. The lowest BCUT2D eigenvalue weighted by Crippen LogP contribution is -2.72. The SMILES string of the molecule is C[C@@H]1O[C@@H](O[C@H]2CC[C@]3(C=O)[C@H]4[C@H](O)C[C@]5(C)[C@@H](C6=CC(=O)OC6)CC[C@]5(O)[C@@H]4CC[C@]3(O)C2)[C@H](O)[C@H](O)[C@H]1O. The number of rotatable bonds is 4. The van der Waals surface area contributed by atoms with Crippen LogP contribution in [0.15, 0.2) is 11.6 Å². The molecule has 11 heteroatoms. The summed E-state index contributed by atoms with van der Waals surface area (Å²) in [5.74, 6) is -1.61. The second kappa shape index (κ2) is 9.54. The predicted molar refractivity (Wildman–Crippen MR) is 136 cm³/mol. The zero-order valence-electron chi connectivity index (χ0n) is 23.0. The van der Waals surface area contributed by atoms with E-state index in [4.69, 9.17) is 14.2 Å². The van der Waals surface area contributed by atoms with E-state index in [-0.39, 0.29) is 38.2 Å². The second-order valence-electron chi connectivity index (χ2n) is 13.6. The van der Waals surface area contributed by atoms with Crippen molar-refractivity contribution in [3.05, 3.63) is 11.6 Å². The molecule has 0 aromatic carbocycles. The maximum atomic E-state index is 13.0. The molecule has 2 heterocycles. The molecule has 0 aromatic heterocycles. The van der Waals surface area contributed by atoms with Crippen molar-refractivity contribution in [3.8, 4) is 0 Å². The minimum absolute atomic E-state index is 0.0615. The summed E-state index contributed by atoms with van der Waals surface area (Å²) in [5.41, 5.74) is -3.89. The highest BCUT2D eigenvalue weighted by Gasteiger charge is 2.73. The Bertz CT molecular complexity index is 1080. The molecule has 0 spiro atoms. The van der Waals surface area contributed by atoms with E-state index < -0.39 is 82.8 Å². The molecule has 4 saturated carbocycles. The van der Waals surface area contributed by atoms with Gasteiger partial charge in [-0.2, -0.15) is 0 Å². The maximum Gasteiger partial charge on any atom is 0.331 e. The van der Waals surface area contributed by atoms with Crippen LogP contribution in [0.4, 0.5) is 0 Å². The molecule has 0 radical (unpaired) electrons. The van der Waals surface area contributed by atoms with E-state index in [1.54, 1.807) is 6.92 Å². The van der Waals surface area contributed by atoms with Crippen molar-refractivity contribution in [1.82, 2.24) is 0 Å². The number of ether oxygens (including phenoxy) is 3.